The molecule has 1 aliphatic carbocycles. The first-order chi connectivity index (χ1) is 15.9. The molecule has 1 aliphatic rings. The molecule has 0 saturated carbocycles. The van der Waals surface area contributed by atoms with Crippen molar-refractivity contribution in [3.8, 4) is 5.75 Å². The van der Waals surface area contributed by atoms with Gasteiger partial charge in [-0.25, -0.2) is 4.79 Å². The topological polar surface area (TPSA) is 142 Å². The van der Waals surface area contributed by atoms with Gasteiger partial charge in [0, 0.05) is 27.5 Å². The minimum atomic E-state index is -1.35. The number of carbonyl (C=O) groups is 3. The van der Waals surface area contributed by atoms with Crippen LogP contribution in [0.4, 0.5) is 17.1 Å². The molecule has 0 fully saturated rings. The van der Waals surface area contributed by atoms with Crippen molar-refractivity contribution >= 4 is 45.4 Å². The lowest BCUT2D eigenvalue weighted by molar-refractivity contribution is 0.0695. The number of carboxylic acid groups (broad SMARTS) is 1. The van der Waals surface area contributed by atoms with Crippen LogP contribution in [-0.2, 0) is 0 Å². The average Bonchev–Trinajstić information content (AvgIpc) is 2.82. The predicted octanol–water partition coefficient (Wildman–Crippen LogP) is 5.02. The van der Waals surface area contributed by atoms with E-state index in [4.69, 9.17) is 5.73 Å². The van der Waals surface area contributed by atoms with Gasteiger partial charge in [0.05, 0.1) is 16.9 Å². The molecule has 5 rings (SSSR count). The first kappa shape index (κ1) is 20.1. The zero-order valence-corrected chi connectivity index (χ0v) is 16.9. The zero-order valence-electron chi connectivity index (χ0n) is 16.9. The largest absolute Gasteiger partial charge is 0.505 e. The molecule has 4 aromatic rings. The van der Waals surface area contributed by atoms with Gasteiger partial charge in [-0.05, 0) is 6.07 Å². The number of benzene rings is 4. The van der Waals surface area contributed by atoms with E-state index in [1.165, 1.54) is 18.2 Å². The summed E-state index contributed by atoms with van der Waals surface area (Å²) in [6.07, 6.45) is 0. The molecule has 0 aliphatic heterocycles. The molecule has 4 N–H and O–H groups in total. The quantitative estimate of drug-likeness (QED) is 0.267. The molecule has 0 heterocycles. The van der Waals surface area contributed by atoms with Crippen LogP contribution in [0.5, 0.6) is 5.75 Å². The molecule has 0 spiro atoms. The van der Waals surface area contributed by atoms with E-state index >= 15 is 0 Å². The highest BCUT2D eigenvalue weighted by molar-refractivity contribution is 6.30. The number of azo groups is 1. The maximum absolute atomic E-state index is 13.1. The lowest BCUT2D eigenvalue weighted by Crippen LogP contribution is -2.20. The van der Waals surface area contributed by atoms with Crippen LogP contribution in [-0.4, -0.2) is 27.7 Å². The van der Waals surface area contributed by atoms with Crippen molar-refractivity contribution in [2.24, 2.45) is 10.2 Å². The second-order valence-electron chi connectivity index (χ2n) is 7.44. The van der Waals surface area contributed by atoms with Gasteiger partial charge in [-0.3, -0.25) is 9.59 Å². The summed E-state index contributed by atoms with van der Waals surface area (Å²) >= 11 is 0. The number of phenols is 1. The fourth-order valence-corrected chi connectivity index (χ4v) is 4.07. The summed E-state index contributed by atoms with van der Waals surface area (Å²) in [6.45, 7) is 0. The summed E-state index contributed by atoms with van der Waals surface area (Å²) in [6, 6.07) is 17.6. The molecule has 0 amide bonds. The van der Waals surface area contributed by atoms with Gasteiger partial charge in [-0.2, -0.15) is 0 Å². The molecular formula is C25H15N3O5. The number of anilines is 1. The van der Waals surface area contributed by atoms with Crippen molar-refractivity contribution in [2.45, 2.75) is 0 Å². The zero-order chi connectivity index (χ0) is 23.3. The second-order valence-corrected chi connectivity index (χ2v) is 7.44. The molecule has 0 radical (unpaired) electrons. The molecule has 0 unspecified atom stereocenters. The molecule has 0 saturated heterocycles. The Kier molecular flexibility index (Phi) is 4.49. The number of hydrogen-bond donors (Lipinski definition) is 3. The van der Waals surface area contributed by atoms with Crippen molar-refractivity contribution < 1.29 is 24.6 Å². The minimum absolute atomic E-state index is 0.0365. The Labute approximate surface area is 186 Å². The Bertz CT molecular complexity index is 1560. The van der Waals surface area contributed by atoms with E-state index in [2.05, 4.69) is 10.2 Å². The third-order valence-corrected chi connectivity index (χ3v) is 5.60. The minimum Gasteiger partial charge on any atom is -0.505 e. The number of carboxylic acids is 1. The number of nitrogens with two attached hydrogens (primary N) is 1. The molecule has 0 bridgehead atoms. The summed E-state index contributed by atoms with van der Waals surface area (Å²) in [5.74, 6) is -2.68. The van der Waals surface area contributed by atoms with Crippen LogP contribution in [0, 0.1) is 0 Å². The van der Waals surface area contributed by atoms with Crippen molar-refractivity contribution in [1.29, 1.82) is 0 Å². The number of hydrogen-bond acceptors (Lipinski definition) is 7. The molecule has 8 nitrogen and oxygen atoms in total. The second kappa shape index (κ2) is 7.38. The van der Waals surface area contributed by atoms with Crippen LogP contribution in [0.15, 0.2) is 77.0 Å². The van der Waals surface area contributed by atoms with Crippen molar-refractivity contribution in [2.75, 3.05) is 5.73 Å². The first-order valence-electron chi connectivity index (χ1n) is 9.89. The standard InChI is InChI=1S/C25H15N3O5/c26-20-13-7-2-1-6-12(13)19(25(32)33)24(31)21(20)28-27-17-11-5-10-16-18(17)23(30)15-9-4-3-8-14(15)22(16)29/h1-11,31H,26H2,(H,32,33). The number of aromatic carboxylic acids is 1. The Balaban J connectivity index is 1.69. The molecular weight excluding hydrogens is 422 g/mol. The van der Waals surface area contributed by atoms with Gasteiger partial charge in [-0.1, -0.05) is 60.7 Å². The van der Waals surface area contributed by atoms with E-state index in [1.807, 2.05) is 0 Å². The maximum atomic E-state index is 13.1. The Morgan fingerprint density at radius 3 is 2.06 bits per heavy atom. The van der Waals surface area contributed by atoms with Crippen molar-refractivity contribution in [3.63, 3.8) is 0 Å². The lowest BCUT2D eigenvalue weighted by atomic mass is 9.83. The lowest BCUT2D eigenvalue weighted by Gasteiger charge is -2.18. The molecule has 0 atom stereocenters. The summed E-state index contributed by atoms with van der Waals surface area (Å²) in [7, 11) is 0. The van der Waals surface area contributed by atoms with Gasteiger partial charge in [0.15, 0.2) is 23.0 Å². The number of nitrogens with zero attached hydrogens (tertiary/aromatic N) is 2. The van der Waals surface area contributed by atoms with E-state index in [-0.39, 0.29) is 56.3 Å². The van der Waals surface area contributed by atoms with E-state index in [0.717, 1.165) is 0 Å². The number of aromatic hydroxyl groups is 1. The maximum Gasteiger partial charge on any atom is 0.340 e. The number of carbonyl (C=O) groups excluding carboxylic acids is 2. The molecule has 8 heteroatoms. The van der Waals surface area contributed by atoms with Gasteiger partial charge >= 0.3 is 5.97 Å². The van der Waals surface area contributed by atoms with Crippen LogP contribution in [0.3, 0.4) is 0 Å². The Morgan fingerprint density at radius 2 is 1.36 bits per heavy atom. The predicted molar refractivity (Wildman–Crippen MR) is 121 cm³/mol. The highest BCUT2D eigenvalue weighted by Crippen LogP contribution is 2.44. The normalized spacial score (nSPS) is 12.7. The Morgan fingerprint density at radius 1 is 0.758 bits per heavy atom. The van der Waals surface area contributed by atoms with E-state index in [9.17, 15) is 24.6 Å². The molecule has 0 aromatic heterocycles. The number of rotatable bonds is 3. The number of nitrogen functional groups attached to an aromatic ring is 1. The highest BCUT2D eigenvalue weighted by atomic mass is 16.4. The van der Waals surface area contributed by atoms with E-state index in [1.54, 1.807) is 48.5 Å². The average molecular weight is 437 g/mol. The van der Waals surface area contributed by atoms with Crippen LogP contribution in [0.2, 0.25) is 0 Å². The fourth-order valence-electron chi connectivity index (χ4n) is 4.07. The van der Waals surface area contributed by atoms with Gasteiger partial charge in [0.25, 0.3) is 0 Å². The summed E-state index contributed by atoms with van der Waals surface area (Å²) in [4.78, 5) is 37.8. The number of ketones is 2. The van der Waals surface area contributed by atoms with Gasteiger partial charge < -0.3 is 15.9 Å². The molecule has 33 heavy (non-hydrogen) atoms. The third kappa shape index (κ3) is 2.96. The fraction of sp³-hybridized carbons (Fsp3) is 0. The summed E-state index contributed by atoms with van der Waals surface area (Å²) < 4.78 is 0. The van der Waals surface area contributed by atoms with Crippen LogP contribution >= 0.6 is 0 Å². The highest BCUT2D eigenvalue weighted by Gasteiger charge is 2.31. The molecule has 160 valence electrons. The van der Waals surface area contributed by atoms with Crippen LogP contribution in [0.1, 0.15) is 42.2 Å². The number of fused-ring (bicyclic) bond motifs is 3. The van der Waals surface area contributed by atoms with E-state index < -0.39 is 11.7 Å². The van der Waals surface area contributed by atoms with Crippen molar-refractivity contribution in [3.05, 3.63) is 94.5 Å². The van der Waals surface area contributed by atoms with Crippen LogP contribution < -0.4 is 5.73 Å². The van der Waals surface area contributed by atoms with E-state index in [0.29, 0.717) is 10.9 Å². The van der Waals surface area contributed by atoms with Gasteiger partial charge in [0.1, 0.15) is 5.56 Å². The summed E-state index contributed by atoms with van der Waals surface area (Å²) in [5, 5.41) is 29.0. The molecule has 4 aromatic carbocycles. The van der Waals surface area contributed by atoms with Crippen molar-refractivity contribution in [1.82, 2.24) is 0 Å². The SMILES string of the molecule is Nc1c(N=Nc2cccc3c2C(=O)c2ccccc2C3=O)c(O)c(C(=O)O)c2ccccc12. The smallest absolute Gasteiger partial charge is 0.340 e. The monoisotopic (exact) mass is 437 g/mol. The van der Waals surface area contributed by atoms with Crippen LogP contribution in [0.25, 0.3) is 10.8 Å². The first-order valence-corrected chi connectivity index (χ1v) is 9.89. The van der Waals surface area contributed by atoms with Gasteiger partial charge in [-0.15, -0.1) is 10.2 Å². The van der Waals surface area contributed by atoms with Gasteiger partial charge in [0.2, 0.25) is 0 Å². The summed E-state index contributed by atoms with van der Waals surface area (Å²) in [5.41, 5.74) is 6.57. The Hall–Kier alpha value is -4.85. The third-order valence-electron chi connectivity index (χ3n) is 5.60.